The molecule has 3 rings (SSSR count). The SMILES string of the molecule is COC(=O)N1CCN(C(=O)Cc2ccc3c(c2)ncn3C)CC1. The second kappa shape index (κ2) is 6.28. The van der Waals surface area contributed by atoms with Crippen LogP contribution in [0.4, 0.5) is 4.79 Å². The van der Waals surface area contributed by atoms with E-state index in [0.717, 1.165) is 16.6 Å². The molecule has 0 saturated carbocycles. The smallest absolute Gasteiger partial charge is 0.409 e. The highest BCUT2D eigenvalue weighted by atomic mass is 16.5. The molecular weight excluding hydrogens is 296 g/mol. The van der Waals surface area contributed by atoms with Crippen LogP contribution in [0.15, 0.2) is 24.5 Å². The van der Waals surface area contributed by atoms with E-state index < -0.39 is 0 Å². The molecule has 1 aromatic carbocycles. The van der Waals surface area contributed by atoms with E-state index in [9.17, 15) is 9.59 Å². The highest BCUT2D eigenvalue weighted by Crippen LogP contribution is 2.15. The lowest BCUT2D eigenvalue weighted by Gasteiger charge is -2.33. The average molecular weight is 316 g/mol. The van der Waals surface area contributed by atoms with E-state index in [-0.39, 0.29) is 12.0 Å². The third kappa shape index (κ3) is 3.13. The van der Waals surface area contributed by atoms with Crippen LogP contribution in [0.25, 0.3) is 11.0 Å². The van der Waals surface area contributed by atoms with Crippen LogP contribution in [0.2, 0.25) is 0 Å². The Kier molecular flexibility index (Phi) is 4.18. The summed E-state index contributed by atoms with van der Waals surface area (Å²) in [5, 5.41) is 0. The van der Waals surface area contributed by atoms with Crippen molar-refractivity contribution in [1.82, 2.24) is 19.4 Å². The zero-order valence-electron chi connectivity index (χ0n) is 13.4. The lowest BCUT2D eigenvalue weighted by atomic mass is 10.1. The number of aromatic nitrogens is 2. The minimum atomic E-state index is -0.335. The van der Waals surface area contributed by atoms with Crippen LogP contribution in [-0.4, -0.2) is 64.6 Å². The van der Waals surface area contributed by atoms with Crippen LogP contribution in [-0.2, 0) is 23.0 Å². The first-order valence-corrected chi connectivity index (χ1v) is 7.59. The second-order valence-electron chi connectivity index (χ2n) is 5.69. The Morgan fingerprint density at radius 2 is 1.87 bits per heavy atom. The van der Waals surface area contributed by atoms with Gasteiger partial charge < -0.3 is 19.1 Å². The van der Waals surface area contributed by atoms with Gasteiger partial charge in [0.25, 0.3) is 0 Å². The van der Waals surface area contributed by atoms with Crippen molar-refractivity contribution >= 4 is 23.0 Å². The number of methoxy groups -OCH3 is 1. The summed E-state index contributed by atoms with van der Waals surface area (Å²) in [6, 6.07) is 5.91. The maximum absolute atomic E-state index is 12.4. The van der Waals surface area contributed by atoms with E-state index in [1.807, 2.05) is 29.8 Å². The number of nitrogens with zero attached hydrogens (tertiary/aromatic N) is 4. The molecule has 1 saturated heterocycles. The molecule has 7 nitrogen and oxygen atoms in total. The van der Waals surface area contributed by atoms with Crippen LogP contribution in [0, 0.1) is 0 Å². The number of carbonyl (C=O) groups is 2. The molecule has 0 bridgehead atoms. The van der Waals surface area contributed by atoms with Gasteiger partial charge in [-0.25, -0.2) is 9.78 Å². The van der Waals surface area contributed by atoms with Crippen molar-refractivity contribution in [2.75, 3.05) is 33.3 Å². The van der Waals surface area contributed by atoms with Gasteiger partial charge in [-0.3, -0.25) is 4.79 Å². The van der Waals surface area contributed by atoms with Crippen molar-refractivity contribution in [1.29, 1.82) is 0 Å². The summed E-state index contributed by atoms with van der Waals surface area (Å²) >= 11 is 0. The Morgan fingerprint density at radius 3 is 2.57 bits per heavy atom. The summed E-state index contributed by atoms with van der Waals surface area (Å²) in [6.45, 7) is 2.11. The Balaban J connectivity index is 1.61. The van der Waals surface area contributed by atoms with E-state index in [2.05, 4.69) is 4.98 Å². The number of piperazine rings is 1. The summed E-state index contributed by atoms with van der Waals surface area (Å²) in [7, 11) is 3.31. The van der Waals surface area contributed by atoms with Crippen molar-refractivity contribution in [2.24, 2.45) is 7.05 Å². The minimum absolute atomic E-state index is 0.0739. The Hall–Kier alpha value is -2.57. The van der Waals surface area contributed by atoms with Gasteiger partial charge in [0.05, 0.1) is 30.9 Å². The minimum Gasteiger partial charge on any atom is -0.453 e. The number of amides is 2. The van der Waals surface area contributed by atoms with E-state index in [4.69, 9.17) is 4.74 Å². The summed E-state index contributed by atoms with van der Waals surface area (Å²) in [5.74, 6) is 0.0739. The highest BCUT2D eigenvalue weighted by molar-refractivity contribution is 5.82. The molecule has 0 radical (unpaired) electrons. The largest absolute Gasteiger partial charge is 0.453 e. The summed E-state index contributed by atoms with van der Waals surface area (Å²) in [6.07, 6.45) is 1.78. The lowest BCUT2D eigenvalue weighted by Crippen LogP contribution is -2.50. The first-order valence-electron chi connectivity index (χ1n) is 7.59. The predicted octanol–water partition coefficient (Wildman–Crippen LogP) is 1.03. The van der Waals surface area contributed by atoms with Gasteiger partial charge in [-0.05, 0) is 17.7 Å². The highest BCUT2D eigenvalue weighted by Gasteiger charge is 2.24. The molecule has 122 valence electrons. The van der Waals surface area contributed by atoms with Gasteiger partial charge >= 0.3 is 6.09 Å². The van der Waals surface area contributed by atoms with Crippen molar-refractivity contribution in [3.8, 4) is 0 Å². The van der Waals surface area contributed by atoms with Crippen LogP contribution in [0.1, 0.15) is 5.56 Å². The molecule has 1 aliphatic heterocycles. The summed E-state index contributed by atoms with van der Waals surface area (Å²) in [5.41, 5.74) is 2.90. The Bertz CT molecular complexity index is 732. The van der Waals surface area contributed by atoms with Gasteiger partial charge in [0.15, 0.2) is 0 Å². The molecule has 1 aromatic heterocycles. The Morgan fingerprint density at radius 1 is 1.17 bits per heavy atom. The Labute approximate surface area is 134 Å². The number of imidazole rings is 1. The van der Waals surface area contributed by atoms with Crippen molar-refractivity contribution in [3.63, 3.8) is 0 Å². The number of rotatable bonds is 2. The maximum atomic E-state index is 12.4. The fourth-order valence-corrected chi connectivity index (χ4v) is 2.85. The molecule has 1 fully saturated rings. The number of ether oxygens (including phenoxy) is 1. The van der Waals surface area contributed by atoms with Crippen LogP contribution in [0.5, 0.6) is 0 Å². The zero-order chi connectivity index (χ0) is 16.4. The molecule has 0 spiro atoms. The molecule has 23 heavy (non-hydrogen) atoms. The molecular formula is C16H20N4O3. The molecule has 0 atom stereocenters. The van der Waals surface area contributed by atoms with Crippen molar-refractivity contribution < 1.29 is 14.3 Å². The summed E-state index contributed by atoms with van der Waals surface area (Å²) in [4.78, 5) is 31.6. The lowest BCUT2D eigenvalue weighted by molar-refractivity contribution is -0.132. The van der Waals surface area contributed by atoms with Crippen molar-refractivity contribution in [2.45, 2.75) is 6.42 Å². The van der Waals surface area contributed by atoms with Crippen LogP contribution < -0.4 is 0 Å². The monoisotopic (exact) mass is 316 g/mol. The normalized spacial score (nSPS) is 15.0. The molecule has 2 aromatic rings. The summed E-state index contributed by atoms with van der Waals surface area (Å²) < 4.78 is 6.65. The number of hydrogen-bond donors (Lipinski definition) is 0. The van der Waals surface area contributed by atoms with Gasteiger partial charge in [-0.15, -0.1) is 0 Å². The van der Waals surface area contributed by atoms with Crippen LogP contribution >= 0.6 is 0 Å². The third-order valence-electron chi connectivity index (χ3n) is 4.21. The first-order chi connectivity index (χ1) is 11.1. The number of hydrogen-bond acceptors (Lipinski definition) is 4. The fourth-order valence-electron chi connectivity index (χ4n) is 2.85. The van der Waals surface area contributed by atoms with Crippen molar-refractivity contribution in [3.05, 3.63) is 30.1 Å². The number of aryl methyl sites for hydroxylation is 1. The second-order valence-corrected chi connectivity index (χ2v) is 5.69. The van der Waals surface area contributed by atoms with E-state index >= 15 is 0 Å². The maximum Gasteiger partial charge on any atom is 0.409 e. The molecule has 0 N–H and O–H groups in total. The van der Waals surface area contributed by atoms with Gasteiger partial charge in [0, 0.05) is 33.2 Å². The number of fused-ring (bicyclic) bond motifs is 1. The predicted molar refractivity (Wildman–Crippen MR) is 85.0 cm³/mol. The molecule has 0 aliphatic carbocycles. The quantitative estimate of drug-likeness (QED) is 0.830. The van der Waals surface area contributed by atoms with Crippen LogP contribution in [0.3, 0.4) is 0 Å². The standard InChI is InChI=1S/C16H20N4O3/c1-18-11-17-13-9-12(3-4-14(13)18)10-15(21)19-5-7-20(8-6-19)16(22)23-2/h3-4,9,11H,5-8,10H2,1-2H3. The van der Waals surface area contributed by atoms with E-state index in [1.54, 1.807) is 16.1 Å². The third-order valence-corrected chi connectivity index (χ3v) is 4.21. The average Bonchev–Trinajstić information content (AvgIpc) is 2.95. The molecule has 0 unspecified atom stereocenters. The van der Waals surface area contributed by atoms with Gasteiger partial charge in [0.2, 0.25) is 5.91 Å². The van der Waals surface area contributed by atoms with Gasteiger partial charge in [-0.2, -0.15) is 0 Å². The first kappa shape index (κ1) is 15.3. The molecule has 2 heterocycles. The molecule has 1 aliphatic rings. The van der Waals surface area contributed by atoms with E-state index in [0.29, 0.717) is 32.6 Å². The number of carbonyl (C=O) groups excluding carboxylic acids is 2. The zero-order valence-corrected chi connectivity index (χ0v) is 13.4. The number of benzene rings is 1. The van der Waals surface area contributed by atoms with Gasteiger partial charge in [-0.1, -0.05) is 6.07 Å². The fraction of sp³-hybridized carbons (Fsp3) is 0.438. The van der Waals surface area contributed by atoms with Gasteiger partial charge in [0.1, 0.15) is 0 Å². The molecule has 2 amide bonds. The topological polar surface area (TPSA) is 67.7 Å². The van der Waals surface area contributed by atoms with E-state index in [1.165, 1.54) is 7.11 Å². The molecule has 7 heteroatoms.